The first-order chi connectivity index (χ1) is 6.13. The third-order valence-corrected chi connectivity index (χ3v) is 2.13. The molecule has 1 heteroatoms. The maximum absolute atomic E-state index is 3.93. The molecule has 0 aromatic heterocycles. The van der Waals surface area contributed by atoms with E-state index in [2.05, 4.69) is 50.9 Å². The molecular weight excluding hydrogens is 158 g/mol. The summed E-state index contributed by atoms with van der Waals surface area (Å²) in [5, 5.41) is 3.31. The second-order valence-corrected chi connectivity index (χ2v) is 3.40. The summed E-state index contributed by atoms with van der Waals surface area (Å²) >= 11 is 0. The van der Waals surface area contributed by atoms with E-state index in [9.17, 15) is 0 Å². The molecule has 0 amide bonds. The zero-order chi connectivity index (χ0) is 9.84. The van der Waals surface area contributed by atoms with Gasteiger partial charge in [0.15, 0.2) is 0 Å². The van der Waals surface area contributed by atoms with Gasteiger partial charge in [0.2, 0.25) is 0 Å². The molecule has 0 saturated carbocycles. The predicted molar refractivity (Wildman–Crippen MR) is 59.0 cm³/mol. The van der Waals surface area contributed by atoms with Gasteiger partial charge in [-0.3, -0.25) is 0 Å². The molecule has 1 N–H and O–H groups in total. The molecule has 0 aliphatic carbocycles. The summed E-state index contributed by atoms with van der Waals surface area (Å²) in [6.07, 6.45) is 0.966. The molecule has 0 bridgehead atoms. The molecule has 0 aliphatic rings. The zero-order valence-electron chi connectivity index (χ0n) is 8.65. The average molecular weight is 175 g/mol. The van der Waals surface area contributed by atoms with Crippen LogP contribution in [0, 0.1) is 13.8 Å². The molecule has 0 atom stereocenters. The number of hydrogen-bond donors (Lipinski definition) is 1. The molecule has 0 spiro atoms. The van der Waals surface area contributed by atoms with E-state index in [0.29, 0.717) is 0 Å². The Kier molecular flexibility index (Phi) is 3.13. The van der Waals surface area contributed by atoms with Crippen LogP contribution in [0.25, 0.3) is 0 Å². The van der Waals surface area contributed by atoms with Gasteiger partial charge in [0.1, 0.15) is 0 Å². The van der Waals surface area contributed by atoms with Crippen molar-refractivity contribution in [2.45, 2.75) is 27.2 Å². The first kappa shape index (κ1) is 9.85. The van der Waals surface area contributed by atoms with Crippen LogP contribution in [0.2, 0.25) is 0 Å². The fraction of sp³-hybridized carbons (Fsp3) is 0.333. The number of hydrogen-bond acceptors (Lipinski definition) is 1. The normalized spacial score (nSPS) is 9.77. The second-order valence-electron chi connectivity index (χ2n) is 3.40. The molecule has 1 rings (SSSR count). The lowest BCUT2D eigenvalue weighted by molar-refractivity contribution is 1.11. The molecule has 0 heterocycles. The number of nitrogens with one attached hydrogen (secondary N) is 1. The summed E-state index contributed by atoms with van der Waals surface area (Å²) < 4.78 is 0. The third kappa shape index (κ3) is 2.62. The number of aryl methyl sites for hydroxylation is 2. The van der Waals surface area contributed by atoms with Crippen LogP contribution in [0.3, 0.4) is 0 Å². The van der Waals surface area contributed by atoms with E-state index in [0.717, 1.165) is 12.1 Å². The highest BCUT2D eigenvalue weighted by molar-refractivity contribution is 5.55. The summed E-state index contributed by atoms with van der Waals surface area (Å²) in [7, 11) is 0. The van der Waals surface area contributed by atoms with Gasteiger partial charge >= 0.3 is 0 Å². The van der Waals surface area contributed by atoms with Crippen LogP contribution in [0.15, 0.2) is 30.5 Å². The molecular formula is C12H17N. The van der Waals surface area contributed by atoms with Gasteiger partial charge < -0.3 is 5.32 Å². The Morgan fingerprint density at radius 3 is 2.69 bits per heavy atom. The van der Waals surface area contributed by atoms with Crippen molar-refractivity contribution in [3.63, 3.8) is 0 Å². The van der Waals surface area contributed by atoms with Gasteiger partial charge in [-0.25, -0.2) is 0 Å². The van der Waals surface area contributed by atoms with Crippen molar-refractivity contribution >= 4 is 5.69 Å². The average Bonchev–Trinajstić information content (AvgIpc) is 2.11. The Hall–Kier alpha value is -1.24. The van der Waals surface area contributed by atoms with Crippen molar-refractivity contribution in [1.82, 2.24) is 0 Å². The van der Waals surface area contributed by atoms with Crippen LogP contribution >= 0.6 is 0 Å². The van der Waals surface area contributed by atoms with E-state index in [-0.39, 0.29) is 0 Å². The van der Waals surface area contributed by atoms with E-state index in [1.807, 2.05) is 0 Å². The smallest absolute Gasteiger partial charge is 0.0414 e. The largest absolute Gasteiger partial charge is 0.359 e. The Balaban J connectivity index is 2.87. The standard InChI is InChI=1S/C12H17N/c1-5-11(4)13-12-8-9(2)6-7-10(12)3/h6-8,13H,4-5H2,1-3H3. The maximum atomic E-state index is 3.93. The molecule has 0 aliphatic heterocycles. The molecule has 0 fully saturated rings. The Bertz CT molecular complexity index is 313. The SMILES string of the molecule is C=C(CC)Nc1cc(C)ccc1C. The van der Waals surface area contributed by atoms with Gasteiger partial charge in [0.25, 0.3) is 0 Å². The molecule has 0 radical (unpaired) electrons. The molecule has 0 unspecified atom stereocenters. The lowest BCUT2D eigenvalue weighted by Crippen LogP contribution is -1.98. The molecule has 0 saturated heterocycles. The summed E-state index contributed by atoms with van der Waals surface area (Å²) in [4.78, 5) is 0. The molecule has 1 aromatic rings. The first-order valence-electron chi connectivity index (χ1n) is 4.65. The van der Waals surface area contributed by atoms with Gasteiger partial charge in [-0.15, -0.1) is 0 Å². The van der Waals surface area contributed by atoms with E-state index >= 15 is 0 Å². The third-order valence-electron chi connectivity index (χ3n) is 2.13. The monoisotopic (exact) mass is 175 g/mol. The van der Waals surface area contributed by atoms with Crippen molar-refractivity contribution < 1.29 is 0 Å². The highest BCUT2D eigenvalue weighted by Gasteiger charge is 1.98. The van der Waals surface area contributed by atoms with Crippen molar-refractivity contribution in [3.8, 4) is 0 Å². The van der Waals surface area contributed by atoms with Crippen LogP contribution in [-0.2, 0) is 0 Å². The van der Waals surface area contributed by atoms with Crippen LogP contribution in [0.5, 0.6) is 0 Å². The molecule has 70 valence electrons. The number of anilines is 1. The van der Waals surface area contributed by atoms with Crippen molar-refractivity contribution in [2.75, 3.05) is 5.32 Å². The molecule has 1 aromatic carbocycles. The van der Waals surface area contributed by atoms with E-state index < -0.39 is 0 Å². The van der Waals surface area contributed by atoms with Crippen molar-refractivity contribution in [1.29, 1.82) is 0 Å². The van der Waals surface area contributed by atoms with Gasteiger partial charge in [-0.05, 0) is 37.5 Å². The maximum Gasteiger partial charge on any atom is 0.0414 e. The number of rotatable bonds is 3. The Labute approximate surface area is 80.5 Å². The minimum absolute atomic E-state index is 0.966. The molecule has 1 nitrogen and oxygen atoms in total. The van der Waals surface area contributed by atoms with Gasteiger partial charge in [-0.1, -0.05) is 25.6 Å². The number of allylic oxidation sites excluding steroid dienone is 1. The summed E-state index contributed by atoms with van der Waals surface area (Å²) in [6, 6.07) is 6.39. The fourth-order valence-electron chi connectivity index (χ4n) is 1.15. The summed E-state index contributed by atoms with van der Waals surface area (Å²) in [6.45, 7) is 10.2. The minimum atomic E-state index is 0.966. The topological polar surface area (TPSA) is 12.0 Å². The Morgan fingerprint density at radius 2 is 2.08 bits per heavy atom. The van der Waals surface area contributed by atoms with Gasteiger partial charge in [0.05, 0.1) is 0 Å². The Morgan fingerprint density at radius 1 is 1.38 bits per heavy atom. The highest BCUT2D eigenvalue weighted by atomic mass is 14.9. The van der Waals surface area contributed by atoms with E-state index in [1.165, 1.54) is 16.8 Å². The van der Waals surface area contributed by atoms with Crippen LogP contribution < -0.4 is 5.32 Å². The second kappa shape index (κ2) is 4.13. The van der Waals surface area contributed by atoms with Crippen LogP contribution in [-0.4, -0.2) is 0 Å². The van der Waals surface area contributed by atoms with Crippen LogP contribution in [0.4, 0.5) is 5.69 Å². The summed E-state index contributed by atoms with van der Waals surface area (Å²) in [5.74, 6) is 0. The minimum Gasteiger partial charge on any atom is -0.359 e. The van der Waals surface area contributed by atoms with E-state index in [1.54, 1.807) is 0 Å². The van der Waals surface area contributed by atoms with Gasteiger partial charge in [0, 0.05) is 11.4 Å². The summed E-state index contributed by atoms with van der Waals surface area (Å²) in [5.41, 5.74) is 4.78. The zero-order valence-corrected chi connectivity index (χ0v) is 8.65. The molecule has 13 heavy (non-hydrogen) atoms. The van der Waals surface area contributed by atoms with Crippen LogP contribution in [0.1, 0.15) is 24.5 Å². The first-order valence-corrected chi connectivity index (χ1v) is 4.65. The lowest BCUT2D eigenvalue weighted by Gasteiger charge is -2.11. The quantitative estimate of drug-likeness (QED) is 0.739. The van der Waals surface area contributed by atoms with Crippen molar-refractivity contribution in [3.05, 3.63) is 41.6 Å². The van der Waals surface area contributed by atoms with Gasteiger partial charge in [-0.2, -0.15) is 0 Å². The van der Waals surface area contributed by atoms with E-state index in [4.69, 9.17) is 0 Å². The van der Waals surface area contributed by atoms with Crippen molar-refractivity contribution in [2.24, 2.45) is 0 Å². The number of benzene rings is 1. The predicted octanol–water partition coefficient (Wildman–Crippen LogP) is 3.64. The fourth-order valence-corrected chi connectivity index (χ4v) is 1.15. The lowest BCUT2D eigenvalue weighted by atomic mass is 10.1. The highest BCUT2D eigenvalue weighted by Crippen LogP contribution is 2.18.